The second-order valence-electron chi connectivity index (χ2n) is 8.65. The molecule has 0 spiro atoms. The molecule has 0 saturated carbocycles. The van der Waals surface area contributed by atoms with E-state index in [2.05, 4.69) is 121 Å². The first-order chi connectivity index (χ1) is 16.3. The minimum atomic E-state index is 1.24. The Labute approximate surface area is 196 Å². The summed E-state index contributed by atoms with van der Waals surface area (Å²) in [5.41, 5.74) is 7.58. The first-order valence-electron chi connectivity index (χ1n) is 11.3. The second-order valence-corrected chi connectivity index (χ2v) is 9.70. The van der Waals surface area contributed by atoms with Crippen molar-refractivity contribution >= 4 is 53.3 Å². The minimum Gasteiger partial charge on any atom is -0.309 e. The van der Waals surface area contributed by atoms with Crippen molar-refractivity contribution in [2.45, 2.75) is 6.92 Å². The summed E-state index contributed by atoms with van der Waals surface area (Å²) in [4.78, 5) is 0. The Hall–Kier alpha value is -3.88. The Kier molecular flexibility index (Phi) is 3.99. The van der Waals surface area contributed by atoms with Crippen molar-refractivity contribution in [2.75, 3.05) is 0 Å². The molecule has 0 fully saturated rings. The van der Waals surface area contributed by atoms with Gasteiger partial charge in [-0.3, -0.25) is 0 Å². The van der Waals surface area contributed by atoms with Gasteiger partial charge in [-0.25, -0.2) is 0 Å². The van der Waals surface area contributed by atoms with E-state index >= 15 is 0 Å². The van der Waals surface area contributed by atoms with Crippen molar-refractivity contribution < 1.29 is 0 Å². The number of rotatable bonds is 2. The minimum absolute atomic E-state index is 1.24. The first kappa shape index (κ1) is 18.7. The highest BCUT2D eigenvalue weighted by Crippen LogP contribution is 2.41. The van der Waals surface area contributed by atoms with E-state index in [1.54, 1.807) is 0 Å². The van der Waals surface area contributed by atoms with Crippen LogP contribution in [0.1, 0.15) is 5.56 Å². The van der Waals surface area contributed by atoms with Crippen LogP contribution < -0.4 is 0 Å². The molecular formula is C31H21NS. The molecule has 0 aliphatic heterocycles. The second kappa shape index (κ2) is 7.06. The summed E-state index contributed by atoms with van der Waals surface area (Å²) in [7, 11) is 0. The smallest absolute Gasteiger partial charge is 0.0547 e. The van der Waals surface area contributed by atoms with Gasteiger partial charge < -0.3 is 4.57 Å². The lowest BCUT2D eigenvalue weighted by molar-refractivity contribution is 1.15. The average Bonchev–Trinajstić information content (AvgIpc) is 3.40. The number of aryl methyl sites for hydroxylation is 1. The van der Waals surface area contributed by atoms with Gasteiger partial charge in [0.05, 0.1) is 11.0 Å². The van der Waals surface area contributed by atoms with Gasteiger partial charge >= 0.3 is 0 Å². The van der Waals surface area contributed by atoms with Crippen molar-refractivity contribution in [3.63, 3.8) is 0 Å². The number of benzene rings is 5. The molecular weight excluding hydrogens is 418 g/mol. The molecule has 2 aromatic heterocycles. The standard InChI is InChI=1S/C31H21NS/c1-20-9-2-5-14-27(20)32-28-15-6-3-10-23(28)24-18-17-21(19-29(24)32)22-12-8-13-26-25-11-4-7-16-30(25)33-31(22)26/h2-19H,1H3. The fourth-order valence-electron chi connectivity index (χ4n) is 5.19. The molecule has 33 heavy (non-hydrogen) atoms. The number of fused-ring (bicyclic) bond motifs is 6. The summed E-state index contributed by atoms with van der Waals surface area (Å²) >= 11 is 1.89. The van der Waals surface area contributed by atoms with Gasteiger partial charge in [0.2, 0.25) is 0 Å². The first-order valence-corrected chi connectivity index (χ1v) is 12.1. The van der Waals surface area contributed by atoms with E-state index in [4.69, 9.17) is 0 Å². The molecule has 2 heteroatoms. The zero-order chi connectivity index (χ0) is 21.9. The van der Waals surface area contributed by atoms with E-state index < -0.39 is 0 Å². The predicted octanol–water partition coefficient (Wildman–Crippen LogP) is 9.13. The molecule has 0 saturated heterocycles. The highest BCUT2D eigenvalue weighted by Gasteiger charge is 2.16. The average molecular weight is 440 g/mol. The molecule has 0 unspecified atom stereocenters. The summed E-state index contributed by atoms with van der Waals surface area (Å²) in [5, 5.41) is 5.27. The number of hydrogen-bond acceptors (Lipinski definition) is 1. The maximum absolute atomic E-state index is 2.43. The third-order valence-corrected chi connectivity index (χ3v) is 7.97. The quantitative estimate of drug-likeness (QED) is 0.253. The Bertz CT molecular complexity index is 1830. The molecule has 156 valence electrons. The van der Waals surface area contributed by atoms with Gasteiger partial charge in [-0.05, 0) is 47.9 Å². The molecule has 0 atom stereocenters. The number of para-hydroxylation sites is 2. The zero-order valence-corrected chi connectivity index (χ0v) is 19.1. The van der Waals surface area contributed by atoms with Gasteiger partial charge in [0.1, 0.15) is 0 Å². The summed E-state index contributed by atoms with van der Waals surface area (Å²) in [6.07, 6.45) is 0. The molecule has 1 nitrogen and oxygen atoms in total. The predicted molar refractivity (Wildman–Crippen MR) is 144 cm³/mol. The van der Waals surface area contributed by atoms with E-state index in [0.717, 1.165) is 0 Å². The molecule has 7 aromatic rings. The Balaban J connectivity index is 1.57. The highest BCUT2D eigenvalue weighted by molar-refractivity contribution is 7.26. The summed E-state index contributed by atoms with van der Waals surface area (Å²) in [5.74, 6) is 0. The van der Waals surface area contributed by atoms with Crippen molar-refractivity contribution in [1.29, 1.82) is 0 Å². The van der Waals surface area contributed by atoms with Crippen LogP contribution in [0.3, 0.4) is 0 Å². The van der Waals surface area contributed by atoms with Gasteiger partial charge in [0.25, 0.3) is 0 Å². The fourth-order valence-corrected chi connectivity index (χ4v) is 6.42. The molecule has 7 rings (SSSR count). The lowest BCUT2D eigenvalue weighted by Gasteiger charge is -2.12. The van der Waals surface area contributed by atoms with Crippen molar-refractivity contribution in [2.24, 2.45) is 0 Å². The lowest BCUT2D eigenvalue weighted by Crippen LogP contribution is -1.96. The van der Waals surface area contributed by atoms with Crippen LogP contribution in [0, 0.1) is 6.92 Å². The van der Waals surface area contributed by atoms with E-state index in [1.165, 1.54) is 64.4 Å². The van der Waals surface area contributed by atoms with Crippen LogP contribution in [-0.4, -0.2) is 4.57 Å². The van der Waals surface area contributed by atoms with Gasteiger partial charge in [-0.15, -0.1) is 11.3 Å². The van der Waals surface area contributed by atoms with Crippen LogP contribution in [0.4, 0.5) is 0 Å². The van der Waals surface area contributed by atoms with Crippen LogP contribution in [0.15, 0.2) is 109 Å². The van der Waals surface area contributed by atoms with Gasteiger partial charge in [-0.2, -0.15) is 0 Å². The summed E-state index contributed by atoms with van der Waals surface area (Å²) in [6.45, 7) is 2.19. The Morgan fingerprint density at radius 2 is 1.30 bits per heavy atom. The molecule has 0 aliphatic carbocycles. The summed E-state index contributed by atoms with van der Waals surface area (Å²) in [6, 6.07) is 39.8. The number of nitrogens with zero attached hydrogens (tertiary/aromatic N) is 1. The Morgan fingerprint density at radius 3 is 2.21 bits per heavy atom. The maximum atomic E-state index is 2.43. The van der Waals surface area contributed by atoms with Gasteiger partial charge in [0.15, 0.2) is 0 Å². The van der Waals surface area contributed by atoms with Crippen LogP contribution in [0.25, 0.3) is 58.8 Å². The molecule has 2 heterocycles. The molecule has 5 aromatic carbocycles. The van der Waals surface area contributed by atoms with Crippen LogP contribution >= 0.6 is 11.3 Å². The fraction of sp³-hybridized carbons (Fsp3) is 0.0323. The van der Waals surface area contributed by atoms with Crippen molar-refractivity contribution in [3.8, 4) is 16.8 Å². The van der Waals surface area contributed by atoms with E-state index in [1.807, 2.05) is 11.3 Å². The highest BCUT2D eigenvalue weighted by atomic mass is 32.1. The van der Waals surface area contributed by atoms with Crippen LogP contribution in [0.2, 0.25) is 0 Å². The molecule has 0 radical (unpaired) electrons. The summed E-state index contributed by atoms with van der Waals surface area (Å²) < 4.78 is 5.13. The van der Waals surface area contributed by atoms with Gasteiger partial charge in [-0.1, -0.05) is 84.9 Å². The van der Waals surface area contributed by atoms with E-state index in [-0.39, 0.29) is 0 Å². The lowest BCUT2D eigenvalue weighted by atomic mass is 10.0. The molecule has 0 N–H and O–H groups in total. The van der Waals surface area contributed by atoms with Crippen LogP contribution in [-0.2, 0) is 0 Å². The number of aromatic nitrogens is 1. The maximum Gasteiger partial charge on any atom is 0.0547 e. The number of hydrogen-bond donors (Lipinski definition) is 0. The van der Waals surface area contributed by atoms with E-state index in [9.17, 15) is 0 Å². The largest absolute Gasteiger partial charge is 0.309 e. The van der Waals surface area contributed by atoms with Crippen LogP contribution in [0.5, 0.6) is 0 Å². The zero-order valence-electron chi connectivity index (χ0n) is 18.2. The third-order valence-electron chi connectivity index (χ3n) is 6.75. The molecule has 0 aliphatic rings. The molecule has 0 amide bonds. The normalized spacial score (nSPS) is 11.8. The third kappa shape index (κ3) is 2.71. The van der Waals surface area contributed by atoms with Crippen molar-refractivity contribution in [3.05, 3.63) is 115 Å². The topological polar surface area (TPSA) is 4.93 Å². The van der Waals surface area contributed by atoms with E-state index in [0.29, 0.717) is 0 Å². The molecule has 0 bridgehead atoms. The van der Waals surface area contributed by atoms with Crippen molar-refractivity contribution in [1.82, 2.24) is 4.57 Å². The SMILES string of the molecule is Cc1ccccc1-n1c2ccccc2c2ccc(-c3cccc4c3sc3ccccc34)cc21. The van der Waals surface area contributed by atoms with Gasteiger partial charge in [0, 0.05) is 36.6 Å². The Morgan fingerprint density at radius 1 is 0.576 bits per heavy atom. The number of thiophene rings is 1. The monoisotopic (exact) mass is 439 g/mol.